The van der Waals surface area contributed by atoms with Gasteiger partial charge in [0.2, 0.25) is 5.91 Å². The molecule has 0 radical (unpaired) electrons. The molecule has 10 heteroatoms. The lowest BCUT2D eigenvalue weighted by Gasteiger charge is -2.27. The number of hydrogen-bond acceptors (Lipinski definition) is 7. The summed E-state index contributed by atoms with van der Waals surface area (Å²) < 4.78 is 10.8. The zero-order chi connectivity index (χ0) is 23.9. The summed E-state index contributed by atoms with van der Waals surface area (Å²) in [5.41, 5.74) is 3.22. The lowest BCUT2D eigenvalue weighted by atomic mass is 9.94. The molecule has 0 bridgehead atoms. The van der Waals surface area contributed by atoms with Crippen LogP contribution >= 0.6 is 0 Å². The van der Waals surface area contributed by atoms with Crippen LogP contribution in [0.15, 0.2) is 36.4 Å². The van der Waals surface area contributed by atoms with Gasteiger partial charge in [0.05, 0.1) is 19.8 Å². The van der Waals surface area contributed by atoms with Crippen LogP contribution in [0.25, 0.3) is 10.8 Å². The Morgan fingerprint density at radius 3 is 2.41 bits per heavy atom. The summed E-state index contributed by atoms with van der Waals surface area (Å²) in [5, 5.41) is 4.11. The molecular weight excluding hydrogens is 442 g/mol. The summed E-state index contributed by atoms with van der Waals surface area (Å²) in [5.74, 6) is -1.73. The third kappa shape index (κ3) is 5.58. The van der Waals surface area contributed by atoms with E-state index in [0.717, 1.165) is 18.2 Å². The van der Waals surface area contributed by atoms with E-state index in [1.807, 2.05) is 12.1 Å². The number of nitrogens with one attached hydrogen (secondary N) is 2. The Hall–Kier alpha value is -3.34. The SMILES string of the molecule is O=C(CC(=O)NOC1CCCCO1)NCCOCCN1C(=O)c2cccc3cccc(c23)C1=O. The fourth-order valence-electron chi connectivity index (χ4n) is 3.98. The second-order valence-corrected chi connectivity index (χ2v) is 8.05. The van der Waals surface area contributed by atoms with Gasteiger partial charge >= 0.3 is 0 Å². The number of benzene rings is 2. The molecule has 1 fully saturated rings. The first-order chi connectivity index (χ1) is 16.5. The van der Waals surface area contributed by atoms with Crippen molar-refractivity contribution in [1.82, 2.24) is 15.7 Å². The average molecular weight is 469 g/mol. The van der Waals surface area contributed by atoms with Crippen LogP contribution in [0.1, 0.15) is 46.4 Å². The molecular formula is C24H27N3O7. The Labute approximate surface area is 196 Å². The van der Waals surface area contributed by atoms with Gasteiger partial charge in [-0.05, 0) is 30.4 Å². The molecule has 4 amide bonds. The lowest BCUT2D eigenvalue weighted by molar-refractivity contribution is -0.200. The largest absolute Gasteiger partial charge is 0.378 e. The van der Waals surface area contributed by atoms with Crippen LogP contribution in [0.3, 0.4) is 0 Å². The number of rotatable bonds is 10. The van der Waals surface area contributed by atoms with Crippen molar-refractivity contribution in [2.75, 3.05) is 32.9 Å². The highest BCUT2D eigenvalue weighted by molar-refractivity contribution is 6.25. The summed E-state index contributed by atoms with van der Waals surface area (Å²) in [6.45, 7) is 1.16. The van der Waals surface area contributed by atoms with Crippen molar-refractivity contribution in [1.29, 1.82) is 0 Å². The fourth-order valence-corrected chi connectivity index (χ4v) is 3.98. The molecule has 10 nitrogen and oxygen atoms in total. The van der Waals surface area contributed by atoms with Gasteiger partial charge in [0, 0.05) is 36.1 Å². The van der Waals surface area contributed by atoms with Gasteiger partial charge < -0.3 is 14.8 Å². The van der Waals surface area contributed by atoms with Crippen LogP contribution in [-0.2, 0) is 23.9 Å². The molecule has 2 aromatic carbocycles. The third-order valence-electron chi connectivity index (χ3n) is 5.65. The molecule has 2 aliphatic heterocycles. The van der Waals surface area contributed by atoms with E-state index >= 15 is 0 Å². The number of hydrogen-bond donors (Lipinski definition) is 2. The maximum Gasteiger partial charge on any atom is 0.261 e. The molecule has 180 valence electrons. The van der Waals surface area contributed by atoms with Gasteiger partial charge in [-0.2, -0.15) is 0 Å². The number of carbonyl (C=O) groups excluding carboxylic acids is 4. The van der Waals surface area contributed by atoms with Crippen molar-refractivity contribution >= 4 is 34.4 Å². The van der Waals surface area contributed by atoms with Crippen molar-refractivity contribution in [3.8, 4) is 0 Å². The minimum Gasteiger partial charge on any atom is -0.378 e. The molecule has 0 saturated carbocycles. The van der Waals surface area contributed by atoms with Gasteiger partial charge in [0.25, 0.3) is 17.7 Å². The topological polar surface area (TPSA) is 123 Å². The molecule has 2 N–H and O–H groups in total. The van der Waals surface area contributed by atoms with E-state index < -0.39 is 18.1 Å². The van der Waals surface area contributed by atoms with Crippen molar-refractivity contribution in [3.63, 3.8) is 0 Å². The van der Waals surface area contributed by atoms with Gasteiger partial charge in [0.15, 0.2) is 6.29 Å². The monoisotopic (exact) mass is 469 g/mol. The Morgan fingerprint density at radius 1 is 1.00 bits per heavy atom. The molecule has 2 heterocycles. The van der Waals surface area contributed by atoms with Crippen LogP contribution in [0, 0.1) is 0 Å². The molecule has 1 saturated heterocycles. The summed E-state index contributed by atoms with van der Waals surface area (Å²) in [6.07, 6.45) is 1.77. The van der Waals surface area contributed by atoms with Crippen LogP contribution in [0.5, 0.6) is 0 Å². The molecule has 4 rings (SSSR count). The van der Waals surface area contributed by atoms with E-state index in [9.17, 15) is 19.2 Å². The first kappa shape index (κ1) is 23.8. The van der Waals surface area contributed by atoms with Gasteiger partial charge in [-0.1, -0.05) is 24.3 Å². The number of hydroxylamine groups is 1. The van der Waals surface area contributed by atoms with Gasteiger partial charge in [-0.15, -0.1) is 0 Å². The van der Waals surface area contributed by atoms with Crippen molar-refractivity contribution in [3.05, 3.63) is 47.5 Å². The summed E-state index contributed by atoms with van der Waals surface area (Å²) in [4.78, 5) is 55.6. The van der Waals surface area contributed by atoms with E-state index in [1.165, 1.54) is 4.90 Å². The Kier molecular flexibility index (Phi) is 7.84. The summed E-state index contributed by atoms with van der Waals surface area (Å²) >= 11 is 0. The van der Waals surface area contributed by atoms with Crippen molar-refractivity contribution in [2.24, 2.45) is 0 Å². The number of carbonyl (C=O) groups is 4. The molecule has 34 heavy (non-hydrogen) atoms. The zero-order valence-electron chi connectivity index (χ0n) is 18.7. The van der Waals surface area contributed by atoms with E-state index in [-0.39, 0.29) is 44.5 Å². The molecule has 2 aliphatic rings. The zero-order valence-corrected chi connectivity index (χ0v) is 18.7. The average Bonchev–Trinajstić information content (AvgIpc) is 2.85. The van der Waals surface area contributed by atoms with Gasteiger partial charge in [-0.25, -0.2) is 10.3 Å². The molecule has 1 atom stereocenters. The quantitative estimate of drug-likeness (QED) is 0.234. The first-order valence-electron chi connectivity index (χ1n) is 11.3. The van der Waals surface area contributed by atoms with Crippen molar-refractivity contribution < 1.29 is 33.5 Å². The number of amides is 4. The molecule has 2 aromatic rings. The first-order valence-corrected chi connectivity index (χ1v) is 11.3. The Morgan fingerprint density at radius 2 is 1.74 bits per heavy atom. The van der Waals surface area contributed by atoms with Crippen molar-refractivity contribution in [2.45, 2.75) is 32.0 Å². The van der Waals surface area contributed by atoms with E-state index in [0.29, 0.717) is 29.5 Å². The number of nitrogens with zero attached hydrogens (tertiary/aromatic N) is 1. The minimum absolute atomic E-state index is 0.0965. The highest BCUT2D eigenvalue weighted by Gasteiger charge is 2.32. The van der Waals surface area contributed by atoms with Crippen LogP contribution in [0.2, 0.25) is 0 Å². The summed E-state index contributed by atoms with van der Waals surface area (Å²) in [7, 11) is 0. The van der Waals surface area contributed by atoms with Gasteiger partial charge in [-0.3, -0.25) is 24.1 Å². The second-order valence-electron chi connectivity index (χ2n) is 8.05. The van der Waals surface area contributed by atoms with E-state index in [1.54, 1.807) is 24.3 Å². The number of imide groups is 1. The Balaban J connectivity index is 1.14. The highest BCUT2D eigenvalue weighted by atomic mass is 16.8. The van der Waals surface area contributed by atoms with Crippen LogP contribution < -0.4 is 10.8 Å². The highest BCUT2D eigenvalue weighted by Crippen LogP contribution is 2.29. The summed E-state index contributed by atoms with van der Waals surface area (Å²) in [6, 6.07) is 10.8. The fraction of sp³-hybridized carbons (Fsp3) is 0.417. The Bertz CT molecular complexity index is 1030. The normalized spacial score (nSPS) is 17.6. The molecule has 1 unspecified atom stereocenters. The van der Waals surface area contributed by atoms with E-state index in [2.05, 4.69) is 10.8 Å². The molecule has 0 aliphatic carbocycles. The predicted octanol–water partition coefficient (Wildman–Crippen LogP) is 1.53. The standard InChI is InChI=1S/C24H27N3O7/c28-19(15-20(29)26-34-21-9-1-2-12-33-21)25-10-13-32-14-11-27-23(30)17-7-3-5-16-6-4-8-18(22(16)17)24(27)31/h3-8,21H,1-2,9-15H2,(H,25,28)(H,26,29). The second kappa shape index (κ2) is 11.2. The predicted molar refractivity (Wildman–Crippen MR) is 121 cm³/mol. The molecule has 0 aromatic heterocycles. The van der Waals surface area contributed by atoms with Crippen LogP contribution in [0.4, 0.5) is 0 Å². The van der Waals surface area contributed by atoms with Crippen LogP contribution in [-0.4, -0.2) is 67.7 Å². The molecule has 0 spiro atoms. The lowest BCUT2D eigenvalue weighted by Crippen LogP contribution is -2.42. The maximum absolute atomic E-state index is 12.8. The minimum atomic E-state index is -0.565. The van der Waals surface area contributed by atoms with E-state index in [4.69, 9.17) is 14.3 Å². The number of ether oxygens (including phenoxy) is 2. The maximum atomic E-state index is 12.8. The van der Waals surface area contributed by atoms with Gasteiger partial charge in [0.1, 0.15) is 6.42 Å². The third-order valence-corrected chi connectivity index (χ3v) is 5.65. The smallest absolute Gasteiger partial charge is 0.261 e.